The standard InChI is InChI=1S/C29H35FN2O5/c1-31-29(35)27-23-17-22(19-8-9-19)24(18-25(23)37-28(27)20-10-12-21(30)13-11-20)32-14-4-2-5-15-36-16-6-3-7-26(33)34/h10-13,17-19,32H,2-9,14-16H2,1H3,(H,31,35)(H,33,34). The Hall–Kier alpha value is -3.39. The maximum Gasteiger partial charge on any atom is 0.303 e. The fourth-order valence-electron chi connectivity index (χ4n) is 4.51. The zero-order chi connectivity index (χ0) is 26.2. The molecular formula is C29H35FN2O5. The third kappa shape index (κ3) is 7.10. The molecule has 3 aromatic rings. The van der Waals surface area contributed by atoms with Gasteiger partial charge in [0.2, 0.25) is 0 Å². The predicted molar refractivity (Wildman–Crippen MR) is 142 cm³/mol. The van der Waals surface area contributed by atoms with Crippen molar-refractivity contribution in [2.24, 2.45) is 0 Å². The number of furan rings is 1. The van der Waals surface area contributed by atoms with Crippen molar-refractivity contribution in [1.29, 1.82) is 0 Å². The highest BCUT2D eigenvalue weighted by atomic mass is 19.1. The second kappa shape index (κ2) is 12.7. The van der Waals surface area contributed by atoms with E-state index in [-0.39, 0.29) is 18.1 Å². The first kappa shape index (κ1) is 26.7. The van der Waals surface area contributed by atoms with Gasteiger partial charge in [-0.2, -0.15) is 0 Å². The lowest BCUT2D eigenvalue weighted by atomic mass is 10.0. The quantitative estimate of drug-likeness (QED) is 0.207. The van der Waals surface area contributed by atoms with E-state index in [1.165, 1.54) is 17.7 Å². The van der Waals surface area contributed by atoms with Crippen LogP contribution in [0.1, 0.15) is 73.2 Å². The molecule has 1 aliphatic carbocycles. The molecule has 0 atom stereocenters. The van der Waals surface area contributed by atoms with Crippen LogP contribution in [-0.4, -0.2) is 43.8 Å². The van der Waals surface area contributed by atoms with Gasteiger partial charge in [-0.3, -0.25) is 9.59 Å². The lowest BCUT2D eigenvalue weighted by Crippen LogP contribution is -2.18. The summed E-state index contributed by atoms with van der Waals surface area (Å²) in [5, 5.41) is 15.7. The van der Waals surface area contributed by atoms with Crippen molar-refractivity contribution in [3.05, 3.63) is 53.3 Å². The molecule has 2 aromatic carbocycles. The lowest BCUT2D eigenvalue weighted by Gasteiger charge is -2.12. The molecule has 0 spiro atoms. The van der Waals surface area contributed by atoms with Crippen molar-refractivity contribution < 1.29 is 28.2 Å². The van der Waals surface area contributed by atoms with Crippen LogP contribution >= 0.6 is 0 Å². The first-order valence-electron chi connectivity index (χ1n) is 13.1. The van der Waals surface area contributed by atoms with E-state index in [0.29, 0.717) is 48.0 Å². The molecule has 0 bridgehead atoms. The molecule has 1 aliphatic rings. The molecule has 0 saturated heterocycles. The summed E-state index contributed by atoms with van der Waals surface area (Å²) in [6, 6.07) is 10.0. The number of anilines is 1. The lowest BCUT2D eigenvalue weighted by molar-refractivity contribution is -0.137. The van der Waals surface area contributed by atoms with Crippen LogP contribution in [0.15, 0.2) is 40.8 Å². The van der Waals surface area contributed by atoms with E-state index >= 15 is 0 Å². The molecule has 37 heavy (non-hydrogen) atoms. The maximum absolute atomic E-state index is 13.5. The predicted octanol–water partition coefficient (Wildman–Crippen LogP) is 6.33. The van der Waals surface area contributed by atoms with Crippen LogP contribution in [0, 0.1) is 5.82 Å². The first-order valence-corrected chi connectivity index (χ1v) is 13.1. The zero-order valence-corrected chi connectivity index (χ0v) is 21.3. The van der Waals surface area contributed by atoms with Gasteiger partial charge in [0.1, 0.15) is 17.2 Å². The minimum Gasteiger partial charge on any atom is -0.481 e. The summed E-state index contributed by atoms with van der Waals surface area (Å²) in [7, 11) is 1.60. The molecule has 7 nitrogen and oxygen atoms in total. The van der Waals surface area contributed by atoms with E-state index in [1.54, 1.807) is 19.2 Å². The first-order chi connectivity index (χ1) is 18.0. The Bertz CT molecular complexity index is 1220. The van der Waals surface area contributed by atoms with Crippen LogP contribution in [0.25, 0.3) is 22.3 Å². The number of unbranched alkanes of at least 4 members (excludes halogenated alkanes) is 3. The number of benzene rings is 2. The van der Waals surface area contributed by atoms with E-state index in [2.05, 4.69) is 16.7 Å². The largest absolute Gasteiger partial charge is 0.481 e. The fraction of sp³-hybridized carbons (Fsp3) is 0.448. The highest BCUT2D eigenvalue weighted by molar-refractivity contribution is 6.11. The molecule has 198 valence electrons. The molecule has 1 saturated carbocycles. The summed E-state index contributed by atoms with van der Waals surface area (Å²) in [6.07, 6.45) is 6.86. The van der Waals surface area contributed by atoms with E-state index in [4.69, 9.17) is 14.3 Å². The molecule has 1 fully saturated rings. The molecule has 4 rings (SSSR count). The number of carboxylic acid groups (broad SMARTS) is 1. The summed E-state index contributed by atoms with van der Waals surface area (Å²) in [6.45, 7) is 2.11. The number of hydrogen-bond acceptors (Lipinski definition) is 5. The van der Waals surface area contributed by atoms with Gasteiger partial charge in [0.25, 0.3) is 5.91 Å². The summed E-state index contributed by atoms with van der Waals surface area (Å²) in [5.41, 5.74) is 3.99. The molecule has 1 aromatic heterocycles. The number of aliphatic carboxylic acids is 1. The molecule has 1 heterocycles. The highest BCUT2D eigenvalue weighted by Crippen LogP contribution is 2.46. The van der Waals surface area contributed by atoms with Crippen LogP contribution in [0.5, 0.6) is 0 Å². The molecule has 3 N–H and O–H groups in total. The average molecular weight is 511 g/mol. The Kier molecular flexibility index (Phi) is 9.17. The molecular weight excluding hydrogens is 475 g/mol. The maximum atomic E-state index is 13.5. The van der Waals surface area contributed by atoms with Crippen molar-refractivity contribution in [3.63, 3.8) is 0 Å². The number of rotatable bonds is 15. The average Bonchev–Trinajstić information content (AvgIpc) is 3.67. The minimum absolute atomic E-state index is 0.197. The van der Waals surface area contributed by atoms with Gasteiger partial charge in [0.15, 0.2) is 0 Å². The number of carbonyl (C=O) groups is 2. The monoisotopic (exact) mass is 510 g/mol. The SMILES string of the molecule is CNC(=O)c1c(-c2ccc(F)cc2)oc2cc(NCCCCCOCCCCC(=O)O)c(C3CC3)cc12. The molecule has 0 aliphatic heterocycles. The van der Waals surface area contributed by atoms with Crippen LogP contribution in [0.4, 0.5) is 10.1 Å². The zero-order valence-electron chi connectivity index (χ0n) is 21.3. The molecule has 1 amide bonds. The number of fused-ring (bicyclic) bond motifs is 1. The van der Waals surface area contributed by atoms with Gasteiger partial charge >= 0.3 is 5.97 Å². The van der Waals surface area contributed by atoms with E-state index in [1.807, 2.05) is 6.07 Å². The highest BCUT2D eigenvalue weighted by Gasteiger charge is 2.29. The van der Waals surface area contributed by atoms with Crippen LogP contribution in [-0.2, 0) is 9.53 Å². The Labute approximate surface area is 216 Å². The summed E-state index contributed by atoms with van der Waals surface area (Å²) in [5.74, 6) is -0.418. The van der Waals surface area contributed by atoms with Gasteiger partial charge in [-0.25, -0.2) is 4.39 Å². The van der Waals surface area contributed by atoms with Gasteiger partial charge in [-0.1, -0.05) is 0 Å². The minimum atomic E-state index is -0.760. The number of halogens is 1. The Morgan fingerprint density at radius 2 is 1.78 bits per heavy atom. The van der Waals surface area contributed by atoms with Gasteiger partial charge in [0, 0.05) is 55.9 Å². The van der Waals surface area contributed by atoms with E-state index in [9.17, 15) is 14.0 Å². The Morgan fingerprint density at radius 1 is 1.05 bits per heavy atom. The summed E-state index contributed by atoms with van der Waals surface area (Å²) < 4.78 is 25.3. The second-order valence-electron chi connectivity index (χ2n) is 9.55. The van der Waals surface area contributed by atoms with Crippen LogP contribution in [0.3, 0.4) is 0 Å². The van der Waals surface area contributed by atoms with Gasteiger partial charge < -0.3 is 24.9 Å². The topological polar surface area (TPSA) is 101 Å². The number of carboxylic acids is 1. The van der Waals surface area contributed by atoms with E-state index in [0.717, 1.165) is 56.1 Å². The normalized spacial score (nSPS) is 13.1. The summed E-state index contributed by atoms with van der Waals surface area (Å²) >= 11 is 0. The fourth-order valence-corrected chi connectivity index (χ4v) is 4.51. The number of carbonyl (C=O) groups excluding carboxylic acids is 1. The smallest absolute Gasteiger partial charge is 0.303 e. The van der Waals surface area contributed by atoms with Gasteiger partial charge in [-0.05, 0) is 86.8 Å². The number of hydrogen-bond donors (Lipinski definition) is 3. The third-order valence-corrected chi connectivity index (χ3v) is 6.65. The Balaban J connectivity index is 1.39. The number of amides is 1. The molecule has 0 radical (unpaired) electrons. The van der Waals surface area contributed by atoms with E-state index < -0.39 is 5.97 Å². The van der Waals surface area contributed by atoms with Crippen LogP contribution in [0.2, 0.25) is 0 Å². The van der Waals surface area contributed by atoms with Crippen molar-refractivity contribution in [1.82, 2.24) is 5.32 Å². The van der Waals surface area contributed by atoms with Crippen molar-refractivity contribution in [2.75, 3.05) is 32.1 Å². The summed E-state index contributed by atoms with van der Waals surface area (Å²) in [4.78, 5) is 23.3. The number of nitrogens with one attached hydrogen (secondary N) is 2. The Morgan fingerprint density at radius 3 is 2.46 bits per heavy atom. The molecule has 8 heteroatoms. The van der Waals surface area contributed by atoms with Gasteiger partial charge in [0.05, 0.1) is 5.56 Å². The number of ether oxygens (including phenoxy) is 1. The van der Waals surface area contributed by atoms with Crippen LogP contribution < -0.4 is 10.6 Å². The molecule has 0 unspecified atom stereocenters. The van der Waals surface area contributed by atoms with Crippen molar-refractivity contribution in [3.8, 4) is 11.3 Å². The third-order valence-electron chi connectivity index (χ3n) is 6.65. The van der Waals surface area contributed by atoms with Crippen molar-refractivity contribution in [2.45, 2.75) is 57.3 Å². The van der Waals surface area contributed by atoms with Crippen molar-refractivity contribution >= 4 is 28.5 Å². The van der Waals surface area contributed by atoms with Gasteiger partial charge in [-0.15, -0.1) is 0 Å². The second-order valence-corrected chi connectivity index (χ2v) is 9.55.